The molecule has 0 spiro atoms. The summed E-state index contributed by atoms with van der Waals surface area (Å²) in [5, 5.41) is 3.99. The number of nitrogens with two attached hydrogens (primary N) is 1. The predicted molar refractivity (Wildman–Crippen MR) is 109 cm³/mol. The van der Waals surface area contributed by atoms with Crippen LogP contribution < -0.4 is 5.73 Å². The number of fused-ring (bicyclic) bond motifs is 1. The van der Waals surface area contributed by atoms with Crippen molar-refractivity contribution in [3.63, 3.8) is 0 Å². The summed E-state index contributed by atoms with van der Waals surface area (Å²) in [4.78, 5) is 2.10. The lowest BCUT2D eigenvalue weighted by Gasteiger charge is -2.38. The molecule has 2 aliphatic heterocycles. The van der Waals surface area contributed by atoms with Gasteiger partial charge in [-0.3, -0.25) is 4.90 Å². The van der Waals surface area contributed by atoms with E-state index in [9.17, 15) is 21.6 Å². The lowest BCUT2D eigenvalue weighted by atomic mass is 9.93. The van der Waals surface area contributed by atoms with Crippen molar-refractivity contribution in [3.05, 3.63) is 52.6 Å². The van der Waals surface area contributed by atoms with Gasteiger partial charge in [0.05, 0.1) is 17.6 Å². The highest BCUT2D eigenvalue weighted by Crippen LogP contribution is 2.35. The van der Waals surface area contributed by atoms with Gasteiger partial charge in [0.25, 0.3) is 10.0 Å². The minimum Gasteiger partial charge on any atom is -0.370 e. The molecule has 3 atom stereocenters. The highest BCUT2D eigenvalue weighted by atomic mass is 32.2. The molecule has 5 rings (SSSR count). The van der Waals surface area contributed by atoms with Gasteiger partial charge in [-0.15, -0.1) is 0 Å². The Kier molecular flexibility index (Phi) is 5.55. The molecule has 7 nitrogen and oxygen atoms in total. The van der Waals surface area contributed by atoms with Gasteiger partial charge in [0.15, 0.2) is 11.6 Å². The summed E-state index contributed by atoms with van der Waals surface area (Å²) in [7, 11) is -3.47. The summed E-state index contributed by atoms with van der Waals surface area (Å²) in [6, 6.07) is 0.617. The molecule has 1 saturated carbocycles. The molecule has 2 fully saturated rings. The van der Waals surface area contributed by atoms with E-state index in [2.05, 4.69) is 10.00 Å². The average molecular weight is 471 g/mol. The standard InChI is InChI=1S/C21H25F3N4O3S/c22-16-7-18(24)17(23)6-15(16)21-19(25)5-13(11-31-21)27-8-12-9-28(26-20(12)10-27)32(29,30)14-3-1-2-4-14/h6-7,9,13-14,19,21H,1-5,8,10-11,25H2/t13-,19+,21-/m0/s1. The molecule has 0 unspecified atom stereocenters. The third kappa shape index (κ3) is 3.74. The highest BCUT2D eigenvalue weighted by Gasteiger charge is 2.38. The van der Waals surface area contributed by atoms with E-state index in [1.54, 1.807) is 6.20 Å². The van der Waals surface area contributed by atoms with Crippen LogP contribution in [0.5, 0.6) is 0 Å². The Hall–Kier alpha value is -1.95. The maximum absolute atomic E-state index is 14.2. The van der Waals surface area contributed by atoms with Crippen LogP contribution in [0.15, 0.2) is 18.3 Å². The first-order valence-corrected chi connectivity index (χ1v) is 12.3. The molecular weight excluding hydrogens is 445 g/mol. The Balaban J connectivity index is 1.25. The number of benzene rings is 1. The number of ether oxygens (including phenoxy) is 1. The van der Waals surface area contributed by atoms with Gasteiger partial charge in [-0.1, -0.05) is 12.8 Å². The van der Waals surface area contributed by atoms with Crippen molar-refractivity contribution in [2.45, 2.75) is 68.6 Å². The quantitative estimate of drug-likeness (QED) is 0.691. The van der Waals surface area contributed by atoms with Crippen molar-refractivity contribution in [1.29, 1.82) is 0 Å². The largest absolute Gasteiger partial charge is 0.370 e. The van der Waals surface area contributed by atoms with Crippen LogP contribution in [0.2, 0.25) is 0 Å². The maximum atomic E-state index is 14.2. The normalized spacial score (nSPS) is 27.2. The molecule has 1 aromatic carbocycles. The second-order valence-corrected chi connectivity index (χ2v) is 11.0. The fourth-order valence-electron chi connectivity index (χ4n) is 5.05. The van der Waals surface area contributed by atoms with E-state index in [0.29, 0.717) is 44.1 Å². The maximum Gasteiger partial charge on any atom is 0.256 e. The number of hydrogen-bond acceptors (Lipinski definition) is 6. The van der Waals surface area contributed by atoms with Crippen LogP contribution in [0.25, 0.3) is 0 Å². The van der Waals surface area contributed by atoms with Crippen LogP contribution in [0.3, 0.4) is 0 Å². The van der Waals surface area contributed by atoms with E-state index in [1.807, 2.05) is 0 Å². The number of aromatic nitrogens is 2. The van der Waals surface area contributed by atoms with Gasteiger partial charge in [0.1, 0.15) is 11.9 Å². The summed E-state index contributed by atoms with van der Waals surface area (Å²) in [6.07, 6.45) is 4.41. The summed E-state index contributed by atoms with van der Waals surface area (Å²) in [5.74, 6) is -3.29. The monoisotopic (exact) mass is 470 g/mol. The lowest BCUT2D eigenvalue weighted by Crippen LogP contribution is -2.47. The Morgan fingerprint density at radius 2 is 1.78 bits per heavy atom. The molecule has 174 valence electrons. The van der Waals surface area contributed by atoms with Crippen LogP contribution in [0.1, 0.15) is 55.0 Å². The first kappa shape index (κ1) is 21.9. The molecule has 11 heteroatoms. The minimum absolute atomic E-state index is 0.0799. The topological polar surface area (TPSA) is 90.5 Å². The van der Waals surface area contributed by atoms with Gasteiger partial charge in [-0.25, -0.2) is 21.6 Å². The molecule has 1 aromatic heterocycles. The molecule has 0 amide bonds. The van der Waals surface area contributed by atoms with Gasteiger partial charge >= 0.3 is 0 Å². The van der Waals surface area contributed by atoms with Crippen LogP contribution in [-0.2, 0) is 27.8 Å². The average Bonchev–Trinajstić information content (AvgIpc) is 3.47. The summed E-state index contributed by atoms with van der Waals surface area (Å²) < 4.78 is 73.5. The molecule has 0 bridgehead atoms. The highest BCUT2D eigenvalue weighted by molar-refractivity contribution is 7.90. The molecule has 2 N–H and O–H groups in total. The van der Waals surface area contributed by atoms with Crippen LogP contribution >= 0.6 is 0 Å². The third-order valence-corrected chi connectivity index (χ3v) is 8.85. The Morgan fingerprint density at radius 3 is 2.47 bits per heavy atom. The van der Waals surface area contributed by atoms with Crippen molar-refractivity contribution in [2.24, 2.45) is 5.73 Å². The first-order valence-electron chi connectivity index (χ1n) is 10.8. The second-order valence-electron chi connectivity index (χ2n) is 8.93. The van der Waals surface area contributed by atoms with Crippen molar-refractivity contribution in [1.82, 2.24) is 14.1 Å². The number of nitrogens with zero attached hydrogens (tertiary/aromatic N) is 3. The fourth-order valence-corrected chi connectivity index (χ4v) is 6.78. The Bertz CT molecular complexity index is 1110. The predicted octanol–water partition coefficient (Wildman–Crippen LogP) is 2.59. The van der Waals surface area contributed by atoms with E-state index >= 15 is 0 Å². The van der Waals surface area contributed by atoms with E-state index in [1.165, 1.54) is 0 Å². The third-order valence-electron chi connectivity index (χ3n) is 6.83. The zero-order valence-corrected chi connectivity index (χ0v) is 18.2. The van der Waals surface area contributed by atoms with Gasteiger partial charge in [0, 0.05) is 48.6 Å². The van der Waals surface area contributed by atoms with Crippen molar-refractivity contribution in [3.8, 4) is 0 Å². The molecule has 32 heavy (non-hydrogen) atoms. The summed E-state index contributed by atoms with van der Waals surface area (Å²) in [6.45, 7) is 1.22. The zero-order valence-electron chi connectivity index (χ0n) is 17.4. The fraction of sp³-hybridized carbons (Fsp3) is 0.571. The molecule has 3 aliphatic rings. The second kappa shape index (κ2) is 8.12. The number of halogens is 3. The minimum atomic E-state index is -3.47. The van der Waals surface area contributed by atoms with Gasteiger partial charge in [-0.05, 0) is 25.3 Å². The molecule has 2 aromatic rings. The van der Waals surface area contributed by atoms with Crippen LogP contribution in [-0.4, -0.2) is 46.4 Å². The van der Waals surface area contributed by atoms with E-state index in [-0.39, 0.29) is 23.5 Å². The zero-order chi connectivity index (χ0) is 22.6. The van der Waals surface area contributed by atoms with Gasteiger partial charge in [0.2, 0.25) is 0 Å². The van der Waals surface area contributed by atoms with Crippen LogP contribution in [0, 0.1) is 17.5 Å². The van der Waals surface area contributed by atoms with Gasteiger partial charge < -0.3 is 10.5 Å². The lowest BCUT2D eigenvalue weighted by molar-refractivity contribution is -0.0533. The summed E-state index contributed by atoms with van der Waals surface area (Å²) >= 11 is 0. The van der Waals surface area contributed by atoms with Crippen molar-refractivity contribution >= 4 is 10.0 Å². The van der Waals surface area contributed by atoms with E-state index in [0.717, 1.165) is 28.6 Å². The first-order chi connectivity index (χ1) is 15.2. The van der Waals surface area contributed by atoms with E-state index in [4.69, 9.17) is 10.5 Å². The smallest absolute Gasteiger partial charge is 0.256 e. The van der Waals surface area contributed by atoms with Crippen molar-refractivity contribution in [2.75, 3.05) is 6.61 Å². The van der Waals surface area contributed by atoms with Crippen LogP contribution in [0.4, 0.5) is 13.2 Å². The van der Waals surface area contributed by atoms with Gasteiger partial charge in [-0.2, -0.15) is 9.19 Å². The summed E-state index contributed by atoms with van der Waals surface area (Å²) in [5.41, 5.74) is 7.71. The molecular formula is C21H25F3N4O3S. The molecule has 1 aliphatic carbocycles. The molecule has 3 heterocycles. The number of rotatable bonds is 4. The molecule has 1 saturated heterocycles. The molecule has 0 radical (unpaired) electrons. The Labute approximate surface area is 184 Å². The Morgan fingerprint density at radius 1 is 1.06 bits per heavy atom. The SMILES string of the molecule is N[C@@H]1C[C@H](N2Cc3cn(S(=O)(=O)C4CCCC4)nc3C2)CO[C@H]1c1cc(F)c(F)cc1F. The van der Waals surface area contributed by atoms with E-state index < -0.39 is 39.6 Å². The van der Waals surface area contributed by atoms with Crippen molar-refractivity contribution < 1.29 is 26.3 Å². The number of hydrogen-bond donors (Lipinski definition) is 1.